The van der Waals surface area contributed by atoms with Crippen LogP contribution < -0.4 is 14.8 Å². The minimum absolute atomic E-state index is 0.0470. The Kier molecular flexibility index (Phi) is 6.25. The summed E-state index contributed by atoms with van der Waals surface area (Å²) in [5, 5.41) is 2.84. The van der Waals surface area contributed by atoms with Gasteiger partial charge in [-0.15, -0.1) is 0 Å². The van der Waals surface area contributed by atoms with Crippen LogP contribution in [0.2, 0.25) is 0 Å². The molecule has 0 aromatic heterocycles. The van der Waals surface area contributed by atoms with Crippen molar-refractivity contribution in [2.75, 3.05) is 34.5 Å². The number of carbonyl (C=O) groups excluding carboxylic acids is 2. The Labute approximate surface area is 148 Å². The fraction of sp³-hybridized carbons (Fsp3) is 0.556. The number of hydrogen-bond acceptors (Lipinski definition) is 5. The van der Waals surface area contributed by atoms with Gasteiger partial charge in [-0.1, -0.05) is 12.1 Å². The Morgan fingerprint density at radius 1 is 1.28 bits per heavy atom. The van der Waals surface area contributed by atoms with Crippen LogP contribution in [-0.4, -0.2) is 56.7 Å². The molecule has 1 heterocycles. The van der Waals surface area contributed by atoms with Crippen molar-refractivity contribution in [1.82, 2.24) is 10.2 Å². The van der Waals surface area contributed by atoms with E-state index in [4.69, 9.17) is 14.2 Å². The average molecular weight is 350 g/mol. The zero-order valence-corrected chi connectivity index (χ0v) is 15.3. The number of benzene rings is 1. The molecule has 1 aromatic rings. The van der Waals surface area contributed by atoms with Crippen LogP contribution in [0, 0.1) is 0 Å². The normalized spacial score (nSPS) is 19.8. The van der Waals surface area contributed by atoms with E-state index in [9.17, 15) is 9.59 Å². The summed E-state index contributed by atoms with van der Waals surface area (Å²) in [6.07, 6.45) is 0.831. The van der Waals surface area contributed by atoms with E-state index in [2.05, 4.69) is 5.32 Å². The van der Waals surface area contributed by atoms with Gasteiger partial charge < -0.3 is 24.4 Å². The minimum Gasteiger partial charge on any atom is -0.493 e. The van der Waals surface area contributed by atoms with Crippen LogP contribution in [0.4, 0.5) is 0 Å². The van der Waals surface area contributed by atoms with Crippen molar-refractivity contribution < 1.29 is 23.8 Å². The largest absolute Gasteiger partial charge is 0.493 e. The molecule has 7 nitrogen and oxygen atoms in total. The lowest BCUT2D eigenvalue weighted by molar-refractivity contribution is -0.141. The van der Waals surface area contributed by atoms with Crippen LogP contribution in [0.15, 0.2) is 18.2 Å². The van der Waals surface area contributed by atoms with Crippen LogP contribution in [0.5, 0.6) is 11.5 Å². The SMILES string of the molecule is COCCNC(=O)C1(C)CCC(=O)N1Cc1cccc(OC)c1OC. The molecule has 1 aliphatic heterocycles. The van der Waals surface area contributed by atoms with Gasteiger partial charge >= 0.3 is 0 Å². The third-order valence-electron chi connectivity index (χ3n) is 4.62. The van der Waals surface area contributed by atoms with Gasteiger partial charge in [-0.25, -0.2) is 0 Å². The molecule has 2 rings (SSSR count). The molecule has 138 valence electrons. The fourth-order valence-electron chi connectivity index (χ4n) is 3.10. The Morgan fingerprint density at radius 2 is 2.04 bits per heavy atom. The Balaban J connectivity index is 2.24. The zero-order valence-electron chi connectivity index (χ0n) is 15.3. The van der Waals surface area contributed by atoms with Crippen LogP contribution >= 0.6 is 0 Å². The minimum atomic E-state index is -0.890. The molecule has 1 fully saturated rings. The molecule has 1 saturated heterocycles. The van der Waals surface area contributed by atoms with Gasteiger partial charge in [0.2, 0.25) is 11.8 Å². The van der Waals surface area contributed by atoms with E-state index in [1.54, 1.807) is 39.2 Å². The second kappa shape index (κ2) is 8.20. The van der Waals surface area contributed by atoms with Crippen molar-refractivity contribution in [3.63, 3.8) is 0 Å². The van der Waals surface area contributed by atoms with Gasteiger partial charge in [0.1, 0.15) is 5.54 Å². The number of amides is 2. The smallest absolute Gasteiger partial charge is 0.245 e. The van der Waals surface area contributed by atoms with Crippen molar-refractivity contribution in [3.8, 4) is 11.5 Å². The molecule has 1 N–H and O–H groups in total. The molecule has 0 spiro atoms. The van der Waals surface area contributed by atoms with Gasteiger partial charge in [0, 0.05) is 25.6 Å². The molecule has 0 saturated carbocycles. The average Bonchev–Trinajstić information content (AvgIpc) is 2.91. The number of para-hydroxylation sites is 1. The highest BCUT2D eigenvalue weighted by atomic mass is 16.5. The van der Waals surface area contributed by atoms with Crippen molar-refractivity contribution in [1.29, 1.82) is 0 Å². The Morgan fingerprint density at radius 3 is 2.68 bits per heavy atom. The predicted octanol–water partition coefficient (Wildman–Crippen LogP) is 1.35. The maximum absolute atomic E-state index is 12.6. The van der Waals surface area contributed by atoms with Crippen molar-refractivity contribution >= 4 is 11.8 Å². The number of ether oxygens (including phenoxy) is 3. The van der Waals surface area contributed by atoms with Crippen molar-refractivity contribution in [2.45, 2.75) is 31.8 Å². The Bertz CT molecular complexity index is 634. The Hall–Kier alpha value is -2.28. The molecule has 25 heavy (non-hydrogen) atoms. The summed E-state index contributed by atoms with van der Waals surface area (Å²) < 4.78 is 15.7. The third-order valence-corrected chi connectivity index (χ3v) is 4.62. The van der Waals surface area contributed by atoms with Gasteiger partial charge in [0.15, 0.2) is 11.5 Å². The van der Waals surface area contributed by atoms with Gasteiger partial charge in [0.05, 0.1) is 27.4 Å². The quantitative estimate of drug-likeness (QED) is 0.716. The first-order valence-corrected chi connectivity index (χ1v) is 8.25. The zero-order chi connectivity index (χ0) is 18.4. The van der Waals surface area contributed by atoms with E-state index >= 15 is 0 Å². The molecule has 0 aliphatic carbocycles. The number of methoxy groups -OCH3 is 3. The standard InChI is InChI=1S/C18H26N2O5/c1-18(17(22)19-10-11-23-2)9-8-15(21)20(18)12-13-6-5-7-14(24-3)16(13)25-4/h5-7H,8-12H2,1-4H3,(H,19,22). The first kappa shape index (κ1) is 19.1. The van der Waals surface area contributed by atoms with Crippen molar-refractivity contribution in [2.24, 2.45) is 0 Å². The lowest BCUT2D eigenvalue weighted by Crippen LogP contribution is -2.54. The molecular formula is C18H26N2O5. The summed E-state index contributed by atoms with van der Waals surface area (Å²) in [6.45, 7) is 2.93. The highest BCUT2D eigenvalue weighted by Gasteiger charge is 2.47. The first-order valence-electron chi connectivity index (χ1n) is 8.25. The summed E-state index contributed by atoms with van der Waals surface area (Å²) >= 11 is 0. The molecule has 1 aromatic carbocycles. The van der Waals surface area contributed by atoms with Crippen LogP contribution in [0.3, 0.4) is 0 Å². The maximum atomic E-state index is 12.6. The van der Waals surface area contributed by atoms with Gasteiger partial charge in [-0.05, 0) is 19.4 Å². The second-order valence-corrected chi connectivity index (χ2v) is 6.16. The summed E-state index contributed by atoms with van der Waals surface area (Å²) in [7, 11) is 4.70. The van der Waals surface area contributed by atoms with E-state index in [1.165, 1.54) is 0 Å². The molecule has 1 aliphatic rings. The monoisotopic (exact) mass is 350 g/mol. The summed E-state index contributed by atoms with van der Waals surface area (Å²) in [4.78, 5) is 26.7. The number of carbonyl (C=O) groups is 2. The topological polar surface area (TPSA) is 77.1 Å². The number of likely N-dealkylation sites (tertiary alicyclic amines) is 1. The second-order valence-electron chi connectivity index (χ2n) is 6.16. The molecule has 1 atom stereocenters. The molecule has 0 radical (unpaired) electrons. The van der Waals surface area contributed by atoms with Crippen molar-refractivity contribution in [3.05, 3.63) is 23.8 Å². The van der Waals surface area contributed by atoms with Gasteiger partial charge in [0.25, 0.3) is 0 Å². The van der Waals surface area contributed by atoms with E-state index in [0.29, 0.717) is 37.5 Å². The molecule has 1 unspecified atom stereocenters. The van der Waals surface area contributed by atoms with Crippen LogP contribution in [0.25, 0.3) is 0 Å². The number of nitrogens with one attached hydrogen (secondary N) is 1. The van der Waals surface area contributed by atoms with E-state index in [1.807, 2.05) is 12.1 Å². The van der Waals surface area contributed by atoms with Gasteiger partial charge in [-0.3, -0.25) is 9.59 Å². The molecule has 0 bridgehead atoms. The highest BCUT2D eigenvalue weighted by Crippen LogP contribution is 2.36. The maximum Gasteiger partial charge on any atom is 0.245 e. The number of nitrogens with zero attached hydrogens (tertiary/aromatic N) is 1. The lowest BCUT2D eigenvalue weighted by atomic mass is 9.97. The van der Waals surface area contributed by atoms with Crippen LogP contribution in [0.1, 0.15) is 25.3 Å². The molecular weight excluding hydrogens is 324 g/mol. The summed E-state index contributed by atoms with van der Waals surface area (Å²) in [6, 6.07) is 5.51. The predicted molar refractivity (Wildman–Crippen MR) is 92.6 cm³/mol. The number of rotatable bonds is 8. The van der Waals surface area contributed by atoms with Gasteiger partial charge in [-0.2, -0.15) is 0 Å². The summed E-state index contributed by atoms with van der Waals surface area (Å²) in [5.41, 5.74) is -0.0909. The lowest BCUT2D eigenvalue weighted by Gasteiger charge is -2.34. The number of hydrogen-bond donors (Lipinski definition) is 1. The highest BCUT2D eigenvalue weighted by molar-refractivity contribution is 5.94. The van der Waals surface area contributed by atoms with E-state index in [-0.39, 0.29) is 18.4 Å². The van der Waals surface area contributed by atoms with E-state index < -0.39 is 5.54 Å². The molecule has 7 heteroatoms. The summed E-state index contributed by atoms with van der Waals surface area (Å²) in [5.74, 6) is 0.955. The first-order chi connectivity index (χ1) is 12.0. The van der Waals surface area contributed by atoms with Crippen LogP contribution in [-0.2, 0) is 20.9 Å². The third kappa shape index (κ3) is 3.87. The van der Waals surface area contributed by atoms with E-state index in [0.717, 1.165) is 5.56 Å². The molecule has 2 amide bonds. The fourth-order valence-corrected chi connectivity index (χ4v) is 3.10.